The average molecular weight is 333 g/mol. The number of hydrogen-bond acceptors (Lipinski definition) is 7. The summed E-state index contributed by atoms with van der Waals surface area (Å²) in [5.74, 6) is 0.621. The number of nitrogens with zero attached hydrogens (tertiary/aromatic N) is 8. The Bertz CT molecular complexity index is 996. The predicted octanol–water partition coefficient (Wildman–Crippen LogP) is 0.890. The number of carbonyl (C=O) groups is 1. The van der Waals surface area contributed by atoms with Crippen molar-refractivity contribution in [2.24, 2.45) is 0 Å². The van der Waals surface area contributed by atoms with Crippen molar-refractivity contribution >= 4 is 11.7 Å². The van der Waals surface area contributed by atoms with Crippen molar-refractivity contribution in [3.8, 4) is 11.5 Å². The lowest BCUT2D eigenvalue weighted by Gasteiger charge is -2.07. The molecule has 4 rings (SSSR count). The summed E-state index contributed by atoms with van der Waals surface area (Å²) in [4.78, 5) is 20.7. The molecule has 0 spiro atoms. The van der Waals surface area contributed by atoms with Crippen LogP contribution in [0.3, 0.4) is 0 Å². The summed E-state index contributed by atoms with van der Waals surface area (Å²) in [6, 6.07) is 10.3. The van der Waals surface area contributed by atoms with Gasteiger partial charge in [0.15, 0.2) is 5.82 Å². The number of tetrazole rings is 1. The van der Waals surface area contributed by atoms with Gasteiger partial charge in [-0.25, -0.2) is 19.3 Å². The van der Waals surface area contributed by atoms with Crippen molar-refractivity contribution in [1.82, 2.24) is 40.0 Å². The summed E-state index contributed by atoms with van der Waals surface area (Å²) < 4.78 is 3.05. The van der Waals surface area contributed by atoms with Crippen LogP contribution in [0.4, 0.5) is 5.82 Å². The molecule has 122 valence electrons. The molecule has 0 unspecified atom stereocenters. The summed E-state index contributed by atoms with van der Waals surface area (Å²) in [6.07, 6.45) is 6.22. The van der Waals surface area contributed by atoms with E-state index in [0.29, 0.717) is 22.9 Å². The van der Waals surface area contributed by atoms with Crippen LogP contribution in [0.5, 0.6) is 0 Å². The number of carbonyl (C=O) groups excluding carboxylic acids is 1. The highest BCUT2D eigenvalue weighted by Crippen LogP contribution is 2.12. The molecular formula is C15H11N9O. The molecular weight excluding hydrogens is 322 g/mol. The normalized spacial score (nSPS) is 10.6. The van der Waals surface area contributed by atoms with Crippen molar-refractivity contribution in [2.75, 3.05) is 5.32 Å². The van der Waals surface area contributed by atoms with Gasteiger partial charge in [-0.05, 0) is 34.7 Å². The number of benzene rings is 1. The number of hydrogen-bond donors (Lipinski definition) is 1. The van der Waals surface area contributed by atoms with Crippen LogP contribution >= 0.6 is 0 Å². The summed E-state index contributed by atoms with van der Waals surface area (Å²) in [5.41, 5.74) is 1.13. The zero-order chi connectivity index (χ0) is 17.1. The second kappa shape index (κ2) is 6.28. The SMILES string of the molecule is O=C(Nc1cc(-n2cccn2)ncn1)c1cccc(-n2cnnn2)c1. The molecule has 25 heavy (non-hydrogen) atoms. The summed E-state index contributed by atoms with van der Waals surface area (Å²) in [5, 5.41) is 17.8. The molecule has 1 aromatic carbocycles. The van der Waals surface area contributed by atoms with Crippen LogP contribution in [0.1, 0.15) is 10.4 Å². The molecule has 0 aliphatic heterocycles. The minimum atomic E-state index is -0.306. The monoisotopic (exact) mass is 333 g/mol. The maximum absolute atomic E-state index is 12.5. The third kappa shape index (κ3) is 3.08. The maximum atomic E-state index is 12.5. The van der Waals surface area contributed by atoms with Crippen LogP contribution in [-0.4, -0.2) is 45.9 Å². The fraction of sp³-hybridized carbons (Fsp3) is 0. The number of aromatic nitrogens is 8. The molecule has 0 saturated heterocycles. The Morgan fingerprint density at radius 1 is 1.08 bits per heavy atom. The lowest BCUT2D eigenvalue weighted by Crippen LogP contribution is -2.14. The molecule has 1 amide bonds. The Labute approximate surface area is 141 Å². The largest absolute Gasteiger partial charge is 0.306 e. The molecule has 3 heterocycles. The lowest BCUT2D eigenvalue weighted by molar-refractivity contribution is 0.102. The first-order chi connectivity index (χ1) is 12.3. The Morgan fingerprint density at radius 3 is 2.84 bits per heavy atom. The Morgan fingerprint density at radius 2 is 2.04 bits per heavy atom. The van der Waals surface area contributed by atoms with E-state index in [1.165, 1.54) is 17.3 Å². The maximum Gasteiger partial charge on any atom is 0.256 e. The summed E-state index contributed by atoms with van der Waals surface area (Å²) in [6.45, 7) is 0. The van der Waals surface area contributed by atoms with Gasteiger partial charge in [0.2, 0.25) is 0 Å². The first-order valence-electron chi connectivity index (χ1n) is 7.26. The van der Waals surface area contributed by atoms with Gasteiger partial charge < -0.3 is 5.32 Å². The van der Waals surface area contributed by atoms with Crippen molar-refractivity contribution in [3.05, 3.63) is 67.0 Å². The zero-order valence-electron chi connectivity index (χ0n) is 12.8. The van der Waals surface area contributed by atoms with E-state index in [9.17, 15) is 4.79 Å². The molecule has 0 atom stereocenters. The molecule has 0 saturated carbocycles. The van der Waals surface area contributed by atoms with Gasteiger partial charge in [-0.2, -0.15) is 5.10 Å². The van der Waals surface area contributed by atoms with Gasteiger partial charge in [-0.15, -0.1) is 5.10 Å². The minimum Gasteiger partial charge on any atom is -0.306 e. The Balaban J connectivity index is 1.57. The van der Waals surface area contributed by atoms with E-state index in [-0.39, 0.29) is 5.91 Å². The molecule has 1 N–H and O–H groups in total. The molecule has 0 aliphatic carbocycles. The van der Waals surface area contributed by atoms with E-state index >= 15 is 0 Å². The molecule has 0 bridgehead atoms. The van der Waals surface area contributed by atoms with Gasteiger partial charge in [-0.1, -0.05) is 6.07 Å². The van der Waals surface area contributed by atoms with Crippen molar-refractivity contribution in [2.45, 2.75) is 0 Å². The van der Waals surface area contributed by atoms with E-state index in [1.807, 2.05) is 0 Å². The summed E-state index contributed by atoms with van der Waals surface area (Å²) in [7, 11) is 0. The van der Waals surface area contributed by atoms with Gasteiger partial charge in [-0.3, -0.25) is 4.79 Å². The van der Waals surface area contributed by atoms with Crippen LogP contribution in [-0.2, 0) is 0 Å². The third-order valence-corrected chi connectivity index (χ3v) is 3.36. The molecule has 10 nitrogen and oxygen atoms in total. The standard InChI is InChI=1S/C15H11N9O/c25-15(11-3-1-4-12(7-11)24-10-18-21-22-24)20-13-8-14(17-9-16-13)23-6-2-5-19-23/h1-10H,(H,16,17,20,25). The topological polar surface area (TPSA) is 116 Å². The molecule has 0 radical (unpaired) electrons. The molecule has 0 aliphatic rings. The number of nitrogens with one attached hydrogen (secondary N) is 1. The number of amides is 1. The fourth-order valence-corrected chi connectivity index (χ4v) is 2.20. The molecule has 0 fully saturated rings. The molecule has 3 aromatic heterocycles. The first-order valence-corrected chi connectivity index (χ1v) is 7.26. The van der Waals surface area contributed by atoms with Crippen LogP contribution in [0, 0.1) is 0 Å². The fourth-order valence-electron chi connectivity index (χ4n) is 2.20. The van der Waals surface area contributed by atoms with Gasteiger partial charge in [0, 0.05) is 24.0 Å². The van der Waals surface area contributed by atoms with Crippen molar-refractivity contribution < 1.29 is 4.79 Å². The predicted molar refractivity (Wildman–Crippen MR) is 86.3 cm³/mol. The van der Waals surface area contributed by atoms with Crippen LogP contribution in [0.25, 0.3) is 11.5 Å². The second-order valence-corrected chi connectivity index (χ2v) is 4.97. The number of anilines is 1. The van der Waals surface area contributed by atoms with Gasteiger partial charge >= 0.3 is 0 Å². The highest BCUT2D eigenvalue weighted by Gasteiger charge is 2.10. The van der Waals surface area contributed by atoms with E-state index in [1.54, 1.807) is 53.5 Å². The van der Waals surface area contributed by atoms with E-state index < -0.39 is 0 Å². The summed E-state index contributed by atoms with van der Waals surface area (Å²) >= 11 is 0. The second-order valence-electron chi connectivity index (χ2n) is 4.97. The number of rotatable bonds is 4. The smallest absolute Gasteiger partial charge is 0.256 e. The van der Waals surface area contributed by atoms with Gasteiger partial charge in [0.25, 0.3) is 5.91 Å². The molecule has 4 aromatic rings. The van der Waals surface area contributed by atoms with Gasteiger partial charge in [0.05, 0.1) is 5.69 Å². The first kappa shape index (κ1) is 14.6. The van der Waals surface area contributed by atoms with Crippen LogP contribution in [0.2, 0.25) is 0 Å². The van der Waals surface area contributed by atoms with E-state index in [4.69, 9.17) is 0 Å². The van der Waals surface area contributed by atoms with E-state index in [0.717, 1.165) is 0 Å². The molecule has 10 heteroatoms. The van der Waals surface area contributed by atoms with Crippen LogP contribution in [0.15, 0.2) is 61.4 Å². The van der Waals surface area contributed by atoms with Crippen LogP contribution < -0.4 is 5.32 Å². The highest BCUT2D eigenvalue weighted by atomic mass is 16.1. The Hall–Kier alpha value is -3.95. The minimum absolute atomic E-state index is 0.306. The average Bonchev–Trinajstić information content (AvgIpc) is 3.36. The third-order valence-electron chi connectivity index (χ3n) is 3.36. The zero-order valence-corrected chi connectivity index (χ0v) is 12.8. The lowest BCUT2D eigenvalue weighted by atomic mass is 10.2. The van der Waals surface area contributed by atoms with Crippen molar-refractivity contribution in [3.63, 3.8) is 0 Å². The quantitative estimate of drug-likeness (QED) is 0.589. The van der Waals surface area contributed by atoms with Gasteiger partial charge in [0.1, 0.15) is 18.5 Å². The van der Waals surface area contributed by atoms with Crippen molar-refractivity contribution in [1.29, 1.82) is 0 Å². The Kier molecular flexibility index (Phi) is 3.67. The highest BCUT2D eigenvalue weighted by molar-refractivity contribution is 6.04. The van der Waals surface area contributed by atoms with E-state index in [2.05, 4.69) is 35.9 Å².